The molecule has 0 aliphatic heterocycles. The summed E-state index contributed by atoms with van der Waals surface area (Å²) in [5.74, 6) is -27.5. The van der Waals surface area contributed by atoms with Gasteiger partial charge < -0.3 is 0 Å². The Kier molecular flexibility index (Phi) is 4.92. The summed E-state index contributed by atoms with van der Waals surface area (Å²) in [4.78, 5) is 0. The molecule has 0 saturated heterocycles. The van der Waals surface area contributed by atoms with E-state index in [0.29, 0.717) is 5.56 Å². The van der Waals surface area contributed by atoms with Crippen molar-refractivity contribution in [3.8, 4) is 0 Å². The van der Waals surface area contributed by atoms with Crippen LogP contribution in [0.4, 0.5) is 48.3 Å². The first-order valence-electron chi connectivity index (χ1n) is 6.11. The van der Waals surface area contributed by atoms with Gasteiger partial charge in [-0.1, -0.05) is 29.8 Å². The van der Waals surface area contributed by atoms with Gasteiger partial charge in [-0.25, -0.2) is 0 Å². The molecule has 0 bridgehead atoms. The van der Waals surface area contributed by atoms with E-state index in [2.05, 4.69) is 0 Å². The number of rotatable bonds is 5. The van der Waals surface area contributed by atoms with Crippen LogP contribution >= 0.6 is 0 Å². The molecule has 0 heterocycles. The molecule has 1 aromatic rings. The zero-order valence-electron chi connectivity index (χ0n) is 11.7. The van der Waals surface area contributed by atoms with E-state index in [4.69, 9.17) is 0 Å². The maximum Gasteiger partial charge on any atom is 0.460 e. The molecule has 0 N–H and O–H groups in total. The van der Waals surface area contributed by atoms with Crippen molar-refractivity contribution in [1.29, 1.82) is 0 Å². The van der Waals surface area contributed by atoms with E-state index in [0.717, 1.165) is 24.3 Å². The minimum Gasteiger partial charge on any atom is -0.199 e. The van der Waals surface area contributed by atoms with Gasteiger partial charge in [0.05, 0.1) is 0 Å². The van der Waals surface area contributed by atoms with E-state index in [9.17, 15) is 48.3 Å². The van der Waals surface area contributed by atoms with Crippen LogP contribution in [0, 0.1) is 6.92 Å². The summed E-state index contributed by atoms with van der Waals surface area (Å²) in [7, 11) is 0. The zero-order valence-corrected chi connectivity index (χ0v) is 11.7. The zero-order chi connectivity index (χ0) is 19.2. The average Bonchev–Trinajstić information content (AvgIpc) is 2.39. The van der Waals surface area contributed by atoms with Gasteiger partial charge >= 0.3 is 29.9 Å². The molecule has 0 unspecified atom stereocenters. The Bertz CT molecular complexity index is 569. The molecule has 1 rings (SSSR count). The predicted molar refractivity (Wildman–Crippen MR) is 60.7 cm³/mol. The third-order valence-corrected chi connectivity index (χ3v) is 3.15. The molecule has 24 heavy (non-hydrogen) atoms. The topological polar surface area (TPSA) is 0 Å². The van der Waals surface area contributed by atoms with E-state index in [1.165, 1.54) is 6.92 Å². The van der Waals surface area contributed by atoms with E-state index >= 15 is 0 Å². The lowest BCUT2D eigenvalue weighted by Gasteiger charge is -2.37. The molecule has 0 aliphatic carbocycles. The van der Waals surface area contributed by atoms with Crippen LogP contribution < -0.4 is 0 Å². The van der Waals surface area contributed by atoms with Gasteiger partial charge in [-0.15, -0.1) is 0 Å². The van der Waals surface area contributed by atoms with Gasteiger partial charge in [-0.2, -0.15) is 48.3 Å². The van der Waals surface area contributed by atoms with Crippen molar-refractivity contribution in [2.24, 2.45) is 0 Å². The van der Waals surface area contributed by atoms with Crippen LogP contribution in [-0.2, 0) is 6.42 Å². The number of alkyl halides is 11. The molecule has 0 radical (unpaired) electrons. The van der Waals surface area contributed by atoms with Crippen LogP contribution in [0.1, 0.15) is 11.1 Å². The summed E-state index contributed by atoms with van der Waals surface area (Å²) in [6.07, 6.45) is -9.29. The minimum absolute atomic E-state index is 0.489. The van der Waals surface area contributed by atoms with E-state index < -0.39 is 41.9 Å². The Hall–Kier alpha value is -1.55. The third kappa shape index (κ3) is 3.16. The van der Waals surface area contributed by atoms with Crippen LogP contribution in [0.2, 0.25) is 0 Å². The fraction of sp³-hybridized carbons (Fsp3) is 0.538. The van der Waals surface area contributed by atoms with Crippen molar-refractivity contribution in [2.75, 3.05) is 0 Å². The maximum atomic E-state index is 13.5. The van der Waals surface area contributed by atoms with Crippen molar-refractivity contribution in [1.82, 2.24) is 0 Å². The number of benzene rings is 1. The van der Waals surface area contributed by atoms with Gasteiger partial charge in [-0.3, -0.25) is 0 Å². The van der Waals surface area contributed by atoms with Crippen LogP contribution in [0.3, 0.4) is 0 Å². The van der Waals surface area contributed by atoms with Crippen LogP contribution in [0.5, 0.6) is 0 Å². The summed E-state index contributed by atoms with van der Waals surface area (Å²) in [6, 6.07) is 3.96. The molecule has 0 nitrogen and oxygen atoms in total. The predicted octanol–water partition coefficient (Wildman–Crippen LogP) is 5.64. The Morgan fingerprint density at radius 1 is 0.625 bits per heavy atom. The minimum atomic E-state index is -7.35. The average molecular weight is 374 g/mol. The molecule has 0 amide bonds. The summed E-state index contributed by atoms with van der Waals surface area (Å²) in [5, 5.41) is 0. The highest BCUT2D eigenvalue weighted by molar-refractivity contribution is 5.23. The number of aryl methyl sites for hydroxylation is 1. The van der Waals surface area contributed by atoms with Gasteiger partial charge in [0.2, 0.25) is 0 Å². The Morgan fingerprint density at radius 2 is 1.04 bits per heavy atom. The molecule has 0 fully saturated rings. The van der Waals surface area contributed by atoms with Crippen molar-refractivity contribution in [3.63, 3.8) is 0 Å². The van der Waals surface area contributed by atoms with Gasteiger partial charge in [0.1, 0.15) is 0 Å². The van der Waals surface area contributed by atoms with Gasteiger partial charge in [0.25, 0.3) is 0 Å². The molecule has 0 saturated carbocycles. The smallest absolute Gasteiger partial charge is 0.199 e. The van der Waals surface area contributed by atoms with Crippen LogP contribution in [-0.4, -0.2) is 29.9 Å². The highest BCUT2D eigenvalue weighted by Gasteiger charge is 2.86. The van der Waals surface area contributed by atoms with Crippen molar-refractivity contribution in [3.05, 3.63) is 35.4 Å². The summed E-state index contributed by atoms with van der Waals surface area (Å²) < 4.78 is 141. The lowest BCUT2D eigenvalue weighted by atomic mass is 9.93. The largest absolute Gasteiger partial charge is 0.460 e. The van der Waals surface area contributed by atoms with Crippen molar-refractivity contribution in [2.45, 2.75) is 43.2 Å². The van der Waals surface area contributed by atoms with Crippen LogP contribution in [0.15, 0.2) is 24.3 Å². The lowest BCUT2D eigenvalue weighted by Crippen LogP contribution is -2.66. The van der Waals surface area contributed by atoms with Crippen LogP contribution in [0.25, 0.3) is 0 Å². The molecule has 0 aliphatic rings. The summed E-state index contributed by atoms with van der Waals surface area (Å²) in [6.45, 7) is 1.48. The number of hydrogen-bond donors (Lipinski definition) is 0. The van der Waals surface area contributed by atoms with E-state index in [1.54, 1.807) is 0 Å². The SMILES string of the molecule is Cc1ccc(CC(F)(F)C(F)(F)C(F)(F)C(F)(F)C(F)(F)F)cc1. The quantitative estimate of drug-likeness (QED) is 0.585. The highest BCUT2D eigenvalue weighted by atomic mass is 19.4. The fourth-order valence-corrected chi connectivity index (χ4v) is 1.68. The first kappa shape index (κ1) is 20.5. The molecule has 11 heteroatoms. The highest BCUT2D eigenvalue weighted by Crippen LogP contribution is 2.57. The Morgan fingerprint density at radius 3 is 1.42 bits per heavy atom. The van der Waals surface area contributed by atoms with E-state index in [1.807, 2.05) is 0 Å². The fourth-order valence-electron chi connectivity index (χ4n) is 1.68. The third-order valence-electron chi connectivity index (χ3n) is 3.15. The lowest BCUT2D eigenvalue weighted by molar-refractivity contribution is -0.421. The Labute approximate surface area is 128 Å². The molecular formula is C13H9F11. The molecule has 0 spiro atoms. The Balaban J connectivity index is 3.26. The summed E-state index contributed by atoms with van der Waals surface area (Å²) in [5.41, 5.74) is -0.154. The standard InChI is InChI=1S/C13H9F11/c1-7-2-4-8(5-3-7)6-9(14,15)10(16,17)11(18,19)12(20,21)13(22,23)24/h2-5H,6H2,1H3. The van der Waals surface area contributed by atoms with Gasteiger partial charge in [0.15, 0.2) is 0 Å². The second-order valence-electron chi connectivity index (χ2n) is 5.09. The molecular weight excluding hydrogens is 365 g/mol. The maximum absolute atomic E-state index is 13.5. The molecule has 0 atom stereocenters. The number of hydrogen-bond acceptors (Lipinski definition) is 0. The monoisotopic (exact) mass is 374 g/mol. The van der Waals surface area contributed by atoms with Gasteiger partial charge in [0, 0.05) is 6.42 Å². The molecule has 1 aromatic carbocycles. The molecule has 138 valence electrons. The normalized spacial score (nSPS) is 14.8. The van der Waals surface area contributed by atoms with Crippen molar-refractivity contribution < 1.29 is 48.3 Å². The van der Waals surface area contributed by atoms with E-state index in [-0.39, 0.29) is 0 Å². The second-order valence-corrected chi connectivity index (χ2v) is 5.09. The summed E-state index contributed by atoms with van der Waals surface area (Å²) >= 11 is 0. The number of halogens is 11. The van der Waals surface area contributed by atoms with Crippen molar-refractivity contribution >= 4 is 0 Å². The second kappa shape index (κ2) is 5.76. The molecule has 0 aromatic heterocycles. The van der Waals surface area contributed by atoms with Gasteiger partial charge in [-0.05, 0) is 12.5 Å². The first-order valence-corrected chi connectivity index (χ1v) is 6.11. The first-order chi connectivity index (χ1) is 10.5.